The minimum Gasteiger partial charge on any atom is -0.459 e. The number of rotatable bonds is 17. The van der Waals surface area contributed by atoms with Crippen molar-refractivity contribution in [3.05, 3.63) is 0 Å². The van der Waals surface area contributed by atoms with E-state index in [4.69, 9.17) is 50.6 Å². The lowest BCUT2D eigenvalue weighted by Crippen LogP contribution is -2.65. The molecule has 18 atom stereocenters. The molecular formula is C52H107NO13Si5. The van der Waals surface area contributed by atoms with Gasteiger partial charge in [-0.15, -0.1) is 0 Å². The first-order valence-electron chi connectivity index (χ1n) is 26.9. The monoisotopic (exact) mass is 1090 g/mol. The number of likely N-dealkylation sites (N-methyl/N-ethyl adjacent to an activating group) is 1. The van der Waals surface area contributed by atoms with Crippen LogP contribution in [0.25, 0.3) is 0 Å². The number of carbonyl (C=O) groups is 2. The van der Waals surface area contributed by atoms with Crippen molar-refractivity contribution < 1.29 is 60.1 Å². The second kappa shape index (κ2) is 24.2. The molecule has 3 aliphatic rings. The summed E-state index contributed by atoms with van der Waals surface area (Å²) in [5.74, 6) is -3.07. The second-order valence-corrected chi connectivity index (χ2v) is 49.7. The zero-order valence-corrected chi connectivity index (χ0v) is 55.2. The summed E-state index contributed by atoms with van der Waals surface area (Å²) in [5.41, 5.74) is -3.10. The van der Waals surface area contributed by atoms with E-state index in [1.807, 2.05) is 41.5 Å². The van der Waals surface area contributed by atoms with Crippen LogP contribution in [0.5, 0.6) is 0 Å². The Hall–Kier alpha value is -0.216. The molecule has 418 valence electrons. The van der Waals surface area contributed by atoms with Gasteiger partial charge in [0.1, 0.15) is 23.6 Å². The third-order valence-corrected chi connectivity index (χ3v) is 19.2. The molecule has 0 spiro atoms. The van der Waals surface area contributed by atoms with Gasteiger partial charge in [-0.25, -0.2) is 0 Å². The zero-order valence-electron chi connectivity index (χ0n) is 50.2. The van der Waals surface area contributed by atoms with Gasteiger partial charge in [-0.3, -0.25) is 9.59 Å². The van der Waals surface area contributed by atoms with Gasteiger partial charge in [0.15, 0.2) is 54.2 Å². The third kappa shape index (κ3) is 17.9. The Labute approximate surface area is 438 Å². The Bertz CT molecular complexity index is 1730. The third-order valence-electron chi connectivity index (χ3n) is 14.2. The SMILES string of the molecule is CC[C@H]1OC(=O)[C@H](C)[C@@H](OC2CC(C)(OC)C(O[Si](C)(C)C)C(C)O2)[C@H](C)[C@@H](OC2OC(C)CC(N(C)C)C2O[Si](C)(C)C)[C@](C)(O[Si](C)(C)C)C[C@@H](C)C(=O)[C@H](C)C(O[Si](C)(C)C)[C@]1(C)O[Si](C)(C)C. The molecule has 0 saturated carbocycles. The lowest BCUT2D eigenvalue weighted by molar-refractivity contribution is -0.314. The summed E-state index contributed by atoms with van der Waals surface area (Å²) >= 11 is 0. The predicted octanol–water partition coefficient (Wildman–Crippen LogP) is 11.1. The fraction of sp³-hybridized carbons (Fsp3) is 0.962. The molecule has 0 aromatic rings. The molecule has 0 aromatic carbocycles. The Kier molecular flexibility index (Phi) is 22.2. The topological polar surface area (TPSA) is 139 Å². The maximum absolute atomic E-state index is 15.5. The van der Waals surface area contributed by atoms with Crippen molar-refractivity contribution in [3.63, 3.8) is 0 Å². The number of nitrogens with zero attached hydrogens (tertiary/aromatic N) is 1. The quantitative estimate of drug-likeness (QED) is 0.101. The standard InChI is InChI=1S/C52H107NO13Si5/c1-29-40-52(10,66-71(26,27)28)46(63-68(17,18)19)35(4)42(54)33(2)31-51(9,65-70(23,24)25)45(61-49-44(62-67(14,15)16)39(53(11)12)30-34(3)57-49)36(5)43(37(6)48(55)59-40)60-41-32-50(8,56-13)47(38(7)58-41)64-69(20,21)22/h33-41,43-47,49H,29-32H2,1-28H3/t33-,34?,35+,36+,37-,38?,39?,40-,41?,43+,44?,45-,46?,47?,49?,50?,51-,52-/m1/s1. The van der Waals surface area contributed by atoms with Crippen molar-refractivity contribution in [2.24, 2.45) is 23.7 Å². The van der Waals surface area contributed by atoms with Gasteiger partial charge < -0.3 is 55.5 Å². The van der Waals surface area contributed by atoms with Gasteiger partial charge in [0, 0.05) is 37.3 Å². The molecule has 3 aliphatic heterocycles. The van der Waals surface area contributed by atoms with Crippen LogP contribution in [0, 0.1) is 23.7 Å². The largest absolute Gasteiger partial charge is 0.459 e. The number of carbonyl (C=O) groups excluding carboxylic acids is 2. The van der Waals surface area contributed by atoms with Gasteiger partial charge in [0.2, 0.25) is 0 Å². The van der Waals surface area contributed by atoms with E-state index in [0.29, 0.717) is 19.3 Å². The number of hydrogen-bond acceptors (Lipinski definition) is 14. The average molecular weight is 1090 g/mol. The summed E-state index contributed by atoms with van der Waals surface area (Å²) < 4.78 is 77.7. The highest BCUT2D eigenvalue weighted by Gasteiger charge is 2.57. The predicted molar refractivity (Wildman–Crippen MR) is 297 cm³/mol. The fourth-order valence-corrected chi connectivity index (χ4v) is 18.3. The highest BCUT2D eigenvalue weighted by Crippen LogP contribution is 2.45. The van der Waals surface area contributed by atoms with Crippen LogP contribution in [-0.2, 0) is 60.1 Å². The smallest absolute Gasteiger partial charge is 0.311 e. The lowest BCUT2D eigenvalue weighted by Gasteiger charge is -2.53. The number of methoxy groups -OCH3 is 1. The molecule has 3 heterocycles. The normalized spacial score (nSPS) is 40.4. The Morgan fingerprint density at radius 1 is 0.620 bits per heavy atom. The molecule has 0 bridgehead atoms. The van der Waals surface area contributed by atoms with E-state index >= 15 is 9.59 Å². The van der Waals surface area contributed by atoms with Crippen molar-refractivity contribution in [1.82, 2.24) is 4.90 Å². The molecule has 0 N–H and O–H groups in total. The van der Waals surface area contributed by atoms with Crippen LogP contribution in [0.2, 0.25) is 98.2 Å². The number of esters is 1. The summed E-state index contributed by atoms with van der Waals surface area (Å²) in [6.07, 6.45) is -4.41. The molecule has 9 unspecified atom stereocenters. The zero-order chi connectivity index (χ0) is 55.0. The van der Waals surface area contributed by atoms with Gasteiger partial charge >= 0.3 is 5.97 Å². The molecule has 0 aromatic heterocycles. The van der Waals surface area contributed by atoms with Crippen LogP contribution < -0.4 is 0 Å². The van der Waals surface area contributed by atoms with Gasteiger partial charge in [-0.2, -0.15) is 0 Å². The number of hydrogen-bond donors (Lipinski definition) is 0. The molecule has 19 heteroatoms. The van der Waals surface area contributed by atoms with Gasteiger partial charge in [-0.05, 0) is 173 Å². The first-order valence-corrected chi connectivity index (χ1v) is 43.9. The van der Waals surface area contributed by atoms with Crippen molar-refractivity contribution >= 4 is 53.3 Å². The minimum absolute atomic E-state index is 0.0172. The highest BCUT2D eigenvalue weighted by molar-refractivity contribution is 6.71. The Morgan fingerprint density at radius 3 is 1.61 bits per heavy atom. The summed E-state index contributed by atoms with van der Waals surface area (Å²) in [4.78, 5) is 33.2. The highest BCUT2D eigenvalue weighted by atomic mass is 28.4. The van der Waals surface area contributed by atoms with E-state index in [2.05, 4.69) is 145 Å². The molecule has 3 rings (SSSR count). The molecule has 0 aliphatic carbocycles. The van der Waals surface area contributed by atoms with Crippen molar-refractivity contribution in [3.8, 4) is 0 Å². The summed E-state index contributed by atoms with van der Waals surface area (Å²) in [6, 6.07) is -0.0205. The van der Waals surface area contributed by atoms with Crippen molar-refractivity contribution in [2.75, 3.05) is 21.2 Å². The molecule has 14 nitrogen and oxygen atoms in total. The van der Waals surface area contributed by atoms with Crippen LogP contribution in [0.3, 0.4) is 0 Å². The van der Waals surface area contributed by atoms with Crippen LogP contribution in [0.4, 0.5) is 0 Å². The van der Waals surface area contributed by atoms with Crippen molar-refractivity contribution in [1.29, 1.82) is 0 Å². The van der Waals surface area contributed by atoms with Crippen LogP contribution in [0.15, 0.2) is 0 Å². The molecule has 0 amide bonds. The van der Waals surface area contributed by atoms with E-state index < -0.39 is 137 Å². The van der Waals surface area contributed by atoms with E-state index in [0.717, 1.165) is 6.42 Å². The van der Waals surface area contributed by atoms with E-state index in [1.54, 1.807) is 7.11 Å². The van der Waals surface area contributed by atoms with Gasteiger partial charge in [0.05, 0.1) is 53.7 Å². The van der Waals surface area contributed by atoms with Crippen LogP contribution in [0.1, 0.15) is 94.9 Å². The Balaban J connectivity index is 2.50. The summed E-state index contributed by atoms with van der Waals surface area (Å²) in [5, 5.41) is 0. The van der Waals surface area contributed by atoms with E-state index in [-0.39, 0.29) is 24.0 Å². The number of ketones is 1. The maximum atomic E-state index is 15.5. The Morgan fingerprint density at radius 2 is 1.14 bits per heavy atom. The first-order chi connectivity index (χ1) is 31.9. The van der Waals surface area contributed by atoms with Crippen molar-refractivity contribution in [2.45, 2.75) is 277 Å². The van der Waals surface area contributed by atoms with Gasteiger partial charge in [-0.1, -0.05) is 27.7 Å². The van der Waals surface area contributed by atoms with E-state index in [1.165, 1.54) is 0 Å². The number of ether oxygens (including phenoxy) is 6. The first kappa shape index (κ1) is 65.1. The minimum atomic E-state index is -2.48. The number of cyclic esters (lactones) is 1. The van der Waals surface area contributed by atoms with E-state index in [9.17, 15) is 0 Å². The second-order valence-electron chi connectivity index (χ2n) is 27.4. The molecule has 3 fully saturated rings. The van der Waals surface area contributed by atoms with Crippen LogP contribution >= 0.6 is 0 Å². The summed E-state index contributed by atoms with van der Waals surface area (Å²) in [7, 11) is -5.65. The lowest BCUT2D eigenvalue weighted by atomic mass is 9.74. The molecule has 71 heavy (non-hydrogen) atoms. The molecular weight excluding hydrogens is 987 g/mol. The fourth-order valence-electron chi connectivity index (χ4n) is 11.6. The van der Waals surface area contributed by atoms with Crippen LogP contribution in [-0.4, -0.2) is 164 Å². The number of Topliss-reactive ketones (excluding diaryl/α,β-unsaturated/α-hetero) is 1. The average Bonchev–Trinajstić information content (AvgIpc) is 3.17. The maximum Gasteiger partial charge on any atom is 0.311 e. The molecule has 0 radical (unpaired) electrons. The van der Waals surface area contributed by atoms with Gasteiger partial charge in [0.25, 0.3) is 0 Å². The molecule has 3 saturated heterocycles. The summed E-state index contributed by atoms with van der Waals surface area (Å²) in [6.45, 7) is 52.4.